The number of hydrogen-bond donors (Lipinski definition) is 1. The Morgan fingerprint density at radius 3 is 2.93 bits per heavy atom. The van der Waals surface area contributed by atoms with Gasteiger partial charge in [0.15, 0.2) is 0 Å². The van der Waals surface area contributed by atoms with Crippen LogP contribution in [0.2, 0.25) is 0 Å². The van der Waals surface area contributed by atoms with Crippen molar-refractivity contribution in [3.63, 3.8) is 0 Å². The van der Waals surface area contributed by atoms with Crippen LogP contribution in [0.25, 0.3) is 6.08 Å². The average Bonchev–Trinajstić information content (AvgIpc) is 2.29. The Kier molecular flexibility index (Phi) is 2.84. The molecule has 1 atom stereocenters. The van der Waals surface area contributed by atoms with Crippen molar-refractivity contribution < 1.29 is 5.11 Å². The summed E-state index contributed by atoms with van der Waals surface area (Å²) in [6.07, 6.45) is 3.68. The molecule has 2 nitrogen and oxygen atoms in total. The zero-order chi connectivity index (χ0) is 10.7. The minimum atomic E-state index is -0.860. The van der Waals surface area contributed by atoms with Gasteiger partial charge in [-0.25, -0.2) is 0 Å². The topological polar surface area (TPSA) is 44.0 Å². The molecular weight excluding hydrogens is 186 g/mol. The molecule has 1 aliphatic carbocycles. The lowest BCUT2D eigenvalue weighted by Crippen LogP contribution is -2.07. The highest BCUT2D eigenvalue weighted by atomic mass is 16.3. The molecule has 0 radical (unpaired) electrons. The van der Waals surface area contributed by atoms with Crippen LogP contribution in [-0.2, 0) is 6.42 Å². The largest absolute Gasteiger partial charge is 0.378 e. The quantitative estimate of drug-likeness (QED) is 0.743. The van der Waals surface area contributed by atoms with Gasteiger partial charge in [-0.1, -0.05) is 35.9 Å². The van der Waals surface area contributed by atoms with Crippen molar-refractivity contribution >= 4 is 6.08 Å². The Morgan fingerprint density at radius 1 is 1.33 bits per heavy atom. The fraction of sp³-hybridized carbons (Fsp3) is 0.308. The van der Waals surface area contributed by atoms with E-state index in [1.165, 1.54) is 16.7 Å². The minimum absolute atomic E-state index is 0.477. The Bertz CT molecular complexity index is 428. The fourth-order valence-corrected chi connectivity index (χ4v) is 1.94. The molecule has 0 saturated heterocycles. The second kappa shape index (κ2) is 4.29. The third-order valence-electron chi connectivity index (χ3n) is 2.73. The number of benzene rings is 1. The minimum Gasteiger partial charge on any atom is -0.378 e. The van der Waals surface area contributed by atoms with Gasteiger partial charge < -0.3 is 5.11 Å². The third-order valence-corrected chi connectivity index (χ3v) is 2.73. The number of hydrogen-bond acceptors (Lipinski definition) is 2. The number of nitrogens with zero attached hydrogens (tertiary/aromatic N) is 1. The molecule has 0 fully saturated rings. The molecule has 0 amide bonds. The first-order chi connectivity index (χ1) is 7.29. The molecule has 0 unspecified atom stereocenters. The zero-order valence-electron chi connectivity index (χ0n) is 8.48. The van der Waals surface area contributed by atoms with Gasteiger partial charge in [0.05, 0.1) is 6.07 Å². The van der Waals surface area contributed by atoms with Gasteiger partial charge in [0.2, 0.25) is 0 Å². The lowest BCUT2D eigenvalue weighted by atomic mass is 9.90. The SMILES string of the molecule is N#C[C@H](O)CC1=Cc2ccccc2CC1. The first kappa shape index (κ1) is 9.95. The van der Waals surface area contributed by atoms with Crippen LogP contribution in [0.1, 0.15) is 24.0 Å². The monoisotopic (exact) mass is 199 g/mol. The van der Waals surface area contributed by atoms with Crippen molar-refractivity contribution in [1.29, 1.82) is 5.26 Å². The maximum Gasteiger partial charge on any atom is 0.144 e. The van der Waals surface area contributed by atoms with Crippen LogP contribution in [0.5, 0.6) is 0 Å². The third kappa shape index (κ3) is 2.26. The lowest BCUT2D eigenvalue weighted by Gasteiger charge is -2.16. The van der Waals surface area contributed by atoms with Crippen molar-refractivity contribution in [1.82, 2.24) is 0 Å². The molecule has 0 spiro atoms. The Morgan fingerprint density at radius 2 is 2.13 bits per heavy atom. The predicted molar refractivity (Wildman–Crippen MR) is 59.0 cm³/mol. The summed E-state index contributed by atoms with van der Waals surface area (Å²) in [5.74, 6) is 0. The van der Waals surface area contributed by atoms with Crippen molar-refractivity contribution in [2.75, 3.05) is 0 Å². The summed E-state index contributed by atoms with van der Waals surface area (Å²) in [4.78, 5) is 0. The number of nitriles is 1. The summed E-state index contributed by atoms with van der Waals surface area (Å²) >= 11 is 0. The van der Waals surface area contributed by atoms with Crippen LogP contribution >= 0.6 is 0 Å². The van der Waals surface area contributed by atoms with Crippen LogP contribution in [0, 0.1) is 11.3 Å². The smallest absolute Gasteiger partial charge is 0.144 e. The van der Waals surface area contributed by atoms with E-state index < -0.39 is 6.10 Å². The fourth-order valence-electron chi connectivity index (χ4n) is 1.94. The molecule has 0 aliphatic heterocycles. The van der Waals surface area contributed by atoms with Gasteiger partial charge in [-0.3, -0.25) is 0 Å². The van der Waals surface area contributed by atoms with E-state index in [4.69, 9.17) is 5.26 Å². The maximum absolute atomic E-state index is 9.26. The number of rotatable bonds is 2. The van der Waals surface area contributed by atoms with Crippen LogP contribution in [0.3, 0.4) is 0 Å². The zero-order valence-corrected chi connectivity index (χ0v) is 8.48. The molecule has 0 bridgehead atoms. The molecule has 0 heterocycles. The van der Waals surface area contributed by atoms with E-state index in [0.717, 1.165) is 12.8 Å². The normalized spacial score (nSPS) is 16.1. The Hall–Kier alpha value is -1.59. The molecule has 0 saturated carbocycles. The number of aliphatic hydroxyl groups is 1. The van der Waals surface area contributed by atoms with Crippen LogP contribution in [0.15, 0.2) is 29.8 Å². The first-order valence-corrected chi connectivity index (χ1v) is 5.14. The summed E-state index contributed by atoms with van der Waals surface area (Å²) in [5, 5.41) is 17.8. The Labute approximate surface area is 89.5 Å². The highest BCUT2D eigenvalue weighted by Crippen LogP contribution is 2.25. The van der Waals surface area contributed by atoms with Gasteiger partial charge in [-0.2, -0.15) is 5.26 Å². The second-order valence-electron chi connectivity index (χ2n) is 3.85. The van der Waals surface area contributed by atoms with Crippen LogP contribution in [0.4, 0.5) is 0 Å². The summed E-state index contributed by atoms with van der Waals surface area (Å²) in [7, 11) is 0. The second-order valence-corrected chi connectivity index (χ2v) is 3.85. The van der Waals surface area contributed by atoms with E-state index in [-0.39, 0.29) is 0 Å². The molecule has 1 N–H and O–H groups in total. The van der Waals surface area contributed by atoms with Gasteiger partial charge in [0, 0.05) is 6.42 Å². The van der Waals surface area contributed by atoms with Crippen molar-refractivity contribution in [3.05, 3.63) is 41.0 Å². The van der Waals surface area contributed by atoms with E-state index in [1.807, 2.05) is 18.2 Å². The first-order valence-electron chi connectivity index (χ1n) is 5.14. The molecule has 2 rings (SSSR count). The number of aryl methyl sites for hydroxylation is 1. The molecule has 1 aliphatic rings. The molecule has 1 aromatic carbocycles. The highest BCUT2D eigenvalue weighted by molar-refractivity contribution is 5.59. The van der Waals surface area contributed by atoms with E-state index in [2.05, 4.69) is 18.2 Å². The summed E-state index contributed by atoms with van der Waals surface area (Å²) < 4.78 is 0. The van der Waals surface area contributed by atoms with E-state index in [1.54, 1.807) is 0 Å². The van der Waals surface area contributed by atoms with E-state index >= 15 is 0 Å². The van der Waals surface area contributed by atoms with E-state index in [9.17, 15) is 5.11 Å². The van der Waals surface area contributed by atoms with Crippen molar-refractivity contribution in [3.8, 4) is 6.07 Å². The number of aliphatic hydroxyl groups excluding tert-OH is 1. The van der Waals surface area contributed by atoms with Crippen molar-refractivity contribution in [2.45, 2.75) is 25.4 Å². The molecule has 0 aromatic heterocycles. The van der Waals surface area contributed by atoms with Gasteiger partial charge in [0.1, 0.15) is 6.10 Å². The molecular formula is C13H13NO. The molecule has 2 heteroatoms. The summed E-state index contributed by atoms with van der Waals surface area (Å²) in [6, 6.07) is 10.1. The van der Waals surface area contributed by atoms with Crippen LogP contribution in [-0.4, -0.2) is 11.2 Å². The molecule has 1 aromatic rings. The Balaban J connectivity index is 2.19. The average molecular weight is 199 g/mol. The predicted octanol–water partition coefficient (Wildman–Crippen LogP) is 2.29. The summed E-state index contributed by atoms with van der Waals surface area (Å²) in [5.41, 5.74) is 3.75. The maximum atomic E-state index is 9.26. The van der Waals surface area contributed by atoms with Crippen LogP contribution < -0.4 is 0 Å². The molecule has 76 valence electrons. The highest BCUT2D eigenvalue weighted by Gasteiger charge is 2.12. The van der Waals surface area contributed by atoms with Gasteiger partial charge in [-0.15, -0.1) is 0 Å². The number of fused-ring (bicyclic) bond motifs is 1. The standard InChI is InChI=1S/C13H13NO/c14-9-13(15)8-10-5-6-11-3-1-2-4-12(11)7-10/h1-4,7,13,15H,5-6,8H2/t13-/m1/s1. The summed E-state index contributed by atoms with van der Waals surface area (Å²) in [6.45, 7) is 0. The van der Waals surface area contributed by atoms with Gasteiger partial charge in [-0.05, 0) is 24.0 Å². The lowest BCUT2D eigenvalue weighted by molar-refractivity contribution is 0.229. The molecule has 15 heavy (non-hydrogen) atoms. The van der Waals surface area contributed by atoms with Gasteiger partial charge in [0.25, 0.3) is 0 Å². The van der Waals surface area contributed by atoms with Gasteiger partial charge >= 0.3 is 0 Å². The van der Waals surface area contributed by atoms with Crippen molar-refractivity contribution in [2.24, 2.45) is 0 Å². The van der Waals surface area contributed by atoms with E-state index in [0.29, 0.717) is 6.42 Å².